The lowest BCUT2D eigenvalue weighted by atomic mass is 9.61. The van der Waals surface area contributed by atoms with Crippen LogP contribution in [0.1, 0.15) is 57.6 Å². The molecule has 3 aliphatic rings. The van der Waals surface area contributed by atoms with Crippen molar-refractivity contribution in [1.29, 1.82) is 0 Å². The summed E-state index contributed by atoms with van der Waals surface area (Å²) >= 11 is 0. The molecule has 1 saturated carbocycles. The summed E-state index contributed by atoms with van der Waals surface area (Å²) in [5.41, 5.74) is 3.47. The molecule has 0 saturated heterocycles. The molecule has 1 N–H and O–H groups in total. The predicted molar refractivity (Wildman–Crippen MR) is 139 cm³/mol. The van der Waals surface area contributed by atoms with Crippen LogP contribution in [-0.2, 0) is 6.42 Å². The van der Waals surface area contributed by atoms with Crippen molar-refractivity contribution in [1.82, 2.24) is 4.90 Å². The third-order valence-corrected chi connectivity index (χ3v) is 7.68. The SMILES string of the molecule is CCOc1ccc(CCN(CC)CCC2(O)C[C@@H]3CCC2C=C3c2ccccc2)cc1OCC. The second-order valence-electron chi connectivity index (χ2n) is 9.76. The van der Waals surface area contributed by atoms with Gasteiger partial charge in [0.25, 0.3) is 0 Å². The van der Waals surface area contributed by atoms with Crippen LogP contribution in [0.2, 0.25) is 0 Å². The van der Waals surface area contributed by atoms with Crippen molar-refractivity contribution >= 4 is 5.57 Å². The van der Waals surface area contributed by atoms with Gasteiger partial charge in [-0.2, -0.15) is 0 Å². The molecular weight excluding hydrogens is 422 g/mol. The number of nitrogens with zero attached hydrogens (tertiary/aromatic N) is 1. The van der Waals surface area contributed by atoms with Gasteiger partial charge in [0.2, 0.25) is 0 Å². The van der Waals surface area contributed by atoms with Gasteiger partial charge < -0.3 is 19.5 Å². The van der Waals surface area contributed by atoms with Crippen molar-refractivity contribution in [3.63, 3.8) is 0 Å². The fourth-order valence-electron chi connectivity index (χ4n) is 5.75. The van der Waals surface area contributed by atoms with Crippen LogP contribution in [0.4, 0.5) is 0 Å². The van der Waals surface area contributed by atoms with E-state index in [-0.39, 0.29) is 5.92 Å². The molecule has 34 heavy (non-hydrogen) atoms. The molecule has 0 amide bonds. The van der Waals surface area contributed by atoms with Gasteiger partial charge in [-0.25, -0.2) is 0 Å². The average Bonchev–Trinajstić information content (AvgIpc) is 2.86. The number of rotatable bonds is 12. The third kappa shape index (κ3) is 5.67. The number of allylic oxidation sites excluding steroid dienone is 1. The maximum Gasteiger partial charge on any atom is 0.161 e. The molecule has 2 aromatic rings. The highest BCUT2D eigenvalue weighted by Crippen LogP contribution is 2.51. The van der Waals surface area contributed by atoms with E-state index in [1.807, 2.05) is 19.9 Å². The van der Waals surface area contributed by atoms with E-state index in [0.717, 1.165) is 56.8 Å². The van der Waals surface area contributed by atoms with Gasteiger partial charge in [0.1, 0.15) is 0 Å². The normalized spacial score (nSPS) is 23.7. The van der Waals surface area contributed by atoms with E-state index >= 15 is 0 Å². The number of benzene rings is 2. The summed E-state index contributed by atoms with van der Waals surface area (Å²) in [4.78, 5) is 2.47. The Labute approximate surface area is 205 Å². The molecule has 0 aromatic heterocycles. The van der Waals surface area contributed by atoms with Crippen LogP contribution in [0, 0.1) is 11.8 Å². The highest BCUT2D eigenvalue weighted by Gasteiger charge is 2.46. The molecule has 2 bridgehead atoms. The number of hydrogen-bond donors (Lipinski definition) is 1. The summed E-state index contributed by atoms with van der Waals surface area (Å²) in [7, 11) is 0. The number of hydrogen-bond acceptors (Lipinski definition) is 4. The zero-order valence-electron chi connectivity index (χ0n) is 21.1. The van der Waals surface area contributed by atoms with Crippen molar-refractivity contribution in [3.8, 4) is 11.5 Å². The molecule has 4 heteroatoms. The Kier molecular flexibility index (Phi) is 8.33. The smallest absolute Gasteiger partial charge is 0.161 e. The van der Waals surface area contributed by atoms with Crippen molar-refractivity contribution in [2.45, 2.75) is 58.5 Å². The van der Waals surface area contributed by atoms with Crippen molar-refractivity contribution in [2.75, 3.05) is 32.8 Å². The maximum absolute atomic E-state index is 11.6. The Bertz CT molecular complexity index is 957. The molecule has 4 nitrogen and oxygen atoms in total. The van der Waals surface area contributed by atoms with Gasteiger partial charge in [-0.1, -0.05) is 49.4 Å². The number of likely N-dealkylation sites (N-methyl/N-ethyl adjacent to an activating group) is 1. The highest BCUT2D eigenvalue weighted by atomic mass is 16.5. The monoisotopic (exact) mass is 463 g/mol. The minimum Gasteiger partial charge on any atom is -0.490 e. The first kappa shape index (κ1) is 24.8. The average molecular weight is 464 g/mol. The molecule has 2 unspecified atom stereocenters. The first-order valence-corrected chi connectivity index (χ1v) is 13.2. The van der Waals surface area contributed by atoms with E-state index < -0.39 is 5.60 Å². The summed E-state index contributed by atoms with van der Waals surface area (Å²) in [6, 6.07) is 17.0. The molecule has 5 rings (SSSR count). The van der Waals surface area contributed by atoms with Gasteiger partial charge in [-0.05, 0) is 87.2 Å². The Morgan fingerprint density at radius 2 is 1.71 bits per heavy atom. The number of ether oxygens (including phenoxy) is 2. The first-order chi connectivity index (χ1) is 16.6. The fraction of sp³-hybridized carbons (Fsp3) is 0.533. The van der Waals surface area contributed by atoms with Crippen molar-refractivity contribution in [2.24, 2.45) is 11.8 Å². The first-order valence-electron chi connectivity index (χ1n) is 13.2. The predicted octanol–water partition coefficient (Wildman–Crippen LogP) is 5.98. The molecule has 2 aromatic carbocycles. The second-order valence-corrected chi connectivity index (χ2v) is 9.76. The Hall–Kier alpha value is -2.30. The van der Waals surface area contributed by atoms with E-state index in [2.05, 4.69) is 60.4 Å². The summed E-state index contributed by atoms with van der Waals surface area (Å²) in [6.45, 7) is 10.4. The number of fused-ring (bicyclic) bond motifs is 2. The van der Waals surface area contributed by atoms with Gasteiger partial charge in [-0.15, -0.1) is 0 Å². The Morgan fingerprint density at radius 3 is 2.38 bits per heavy atom. The van der Waals surface area contributed by atoms with Gasteiger partial charge in [0, 0.05) is 19.0 Å². The summed E-state index contributed by atoms with van der Waals surface area (Å²) < 4.78 is 11.5. The van der Waals surface area contributed by atoms with Crippen LogP contribution in [0.15, 0.2) is 54.6 Å². The molecule has 0 aliphatic heterocycles. The lowest BCUT2D eigenvalue weighted by molar-refractivity contribution is -0.0582. The minimum atomic E-state index is -0.574. The molecule has 0 heterocycles. The van der Waals surface area contributed by atoms with Crippen LogP contribution in [0.25, 0.3) is 5.57 Å². The molecular formula is C30H41NO3. The van der Waals surface area contributed by atoms with Crippen LogP contribution in [0.3, 0.4) is 0 Å². The van der Waals surface area contributed by atoms with Gasteiger partial charge >= 0.3 is 0 Å². The van der Waals surface area contributed by atoms with E-state index in [9.17, 15) is 5.11 Å². The van der Waals surface area contributed by atoms with E-state index in [0.29, 0.717) is 19.1 Å². The zero-order valence-corrected chi connectivity index (χ0v) is 21.1. The van der Waals surface area contributed by atoms with Crippen LogP contribution in [-0.4, -0.2) is 48.5 Å². The highest BCUT2D eigenvalue weighted by molar-refractivity contribution is 5.69. The quantitative estimate of drug-likeness (QED) is 0.420. The topological polar surface area (TPSA) is 41.9 Å². The molecule has 1 fully saturated rings. The van der Waals surface area contributed by atoms with E-state index in [1.54, 1.807) is 0 Å². The van der Waals surface area contributed by atoms with Crippen molar-refractivity contribution in [3.05, 3.63) is 65.7 Å². The molecule has 0 spiro atoms. The molecule has 3 aliphatic carbocycles. The third-order valence-electron chi connectivity index (χ3n) is 7.68. The van der Waals surface area contributed by atoms with Crippen LogP contribution >= 0.6 is 0 Å². The summed E-state index contributed by atoms with van der Waals surface area (Å²) in [5, 5.41) is 11.6. The largest absolute Gasteiger partial charge is 0.490 e. The molecule has 0 radical (unpaired) electrons. The molecule has 184 valence electrons. The number of aliphatic hydroxyl groups is 1. The van der Waals surface area contributed by atoms with Crippen LogP contribution < -0.4 is 9.47 Å². The van der Waals surface area contributed by atoms with E-state index in [1.165, 1.54) is 23.1 Å². The fourth-order valence-corrected chi connectivity index (χ4v) is 5.75. The maximum atomic E-state index is 11.6. The standard InChI is InChI=1S/C30H41NO3/c1-4-31(18-16-23-12-15-28(33-5-2)29(20-23)34-6-3)19-17-30(32)22-25-13-14-26(30)21-27(25)24-10-8-7-9-11-24/h7-12,15,20-21,25-26,32H,4-6,13-14,16-19,22H2,1-3H3/t25-,26?,30?/m0/s1. The lowest BCUT2D eigenvalue weighted by Crippen LogP contribution is -2.48. The van der Waals surface area contributed by atoms with Crippen molar-refractivity contribution < 1.29 is 14.6 Å². The molecule has 3 atom stereocenters. The summed E-state index contributed by atoms with van der Waals surface area (Å²) in [6.07, 6.45) is 7.39. The minimum absolute atomic E-state index is 0.270. The van der Waals surface area contributed by atoms with Gasteiger partial charge in [0.05, 0.1) is 18.8 Å². The van der Waals surface area contributed by atoms with Gasteiger partial charge in [-0.3, -0.25) is 0 Å². The Morgan fingerprint density at radius 1 is 0.941 bits per heavy atom. The van der Waals surface area contributed by atoms with Gasteiger partial charge in [0.15, 0.2) is 11.5 Å². The Balaban J connectivity index is 1.35. The lowest BCUT2D eigenvalue weighted by Gasteiger charge is -2.48. The van der Waals surface area contributed by atoms with Crippen LogP contribution in [0.5, 0.6) is 11.5 Å². The second kappa shape index (κ2) is 11.4. The van der Waals surface area contributed by atoms with E-state index in [4.69, 9.17) is 9.47 Å². The summed E-state index contributed by atoms with van der Waals surface area (Å²) in [5.74, 6) is 2.40. The zero-order chi connectivity index (χ0) is 24.0.